The Morgan fingerprint density at radius 2 is 2.00 bits per heavy atom. The number of hydrazine groups is 1. The highest BCUT2D eigenvalue weighted by atomic mass is 17.0. The van der Waals surface area contributed by atoms with Gasteiger partial charge in [-0.25, -0.2) is 10.9 Å². The molecular weight excluding hydrogens is 462 g/mol. The molecule has 5 rings (SSSR count). The average Bonchev–Trinajstić information content (AvgIpc) is 2.92. The van der Waals surface area contributed by atoms with Crippen molar-refractivity contribution in [3.8, 4) is 0 Å². The van der Waals surface area contributed by atoms with Crippen molar-refractivity contribution in [1.29, 1.82) is 0 Å². The number of rotatable bonds is 8. The van der Waals surface area contributed by atoms with E-state index in [0.717, 1.165) is 50.3 Å². The van der Waals surface area contributed by atoms with E-state index in [1.165, 1.54) is 5.23 Å². The van der Waals surface area contributed by atoms with Gasteiger partial charge in [-0.3, -0.25) is 19.9 Å². The molecule has 0 radical (unpaired) electrons. The minimum absolute atomic E-state index is 0.0509. The molecule has 3 unspecified atom stereocenters. The van der Waals surface area contributed by atoms with E-state index in [1.54, 1.807) is 18.3 Å². The summed E-state index contributed by atoms with van der Waals surface area (Å²) in [4.78, 5) is 30.7. The largest absolute Gasteiger partial charge is 0.352 e. The van der Waals surface area contributed by atoms with Gasteiger partial charge < -0.3 is 15.5 Å². The van der Waals surface area contributed by atoms with Crippen molar-refractivity contribution in [1.82, 2.24) is 47.0 Å². The standard InChI is InChI=1S/C24H35N9O3/c1-31-35-24-22(33(36-31)17-18-4-2-9-26-16-18)30-29-21(28-24)19-5-7-20(8-6-19)23(34)27-10-3-13-32-14-11-25-12-15-32/h2,4-9,16,21-22,24-25,28-30H,3,10-15,17H2,1H3,(H,27,34). The fourth-order valence-electron chi connectivity index (χ4n) is 4.58. The number of carbonyl (C=O) groups excluding carboxylic acids is 1. The summed E-state index contributed by atoms with van der Waals surface area (Å²) in [6.45, 7) is 6.45. The minimum Gasteiger partial charge on any atom is -0.352 e. The molecule has 5 N–H and O–H groups in total. The lowest BCUT2D eigenvalue weighted by atomic mass is 10.1. The number of hydrogen-bond acceptors (Lipinski definition) is 11. The van der Waals surface area contributed by atoms with Gasteiger partial charge >= 0.3 is 0 Å². The molecule has 12 nitrogen and oxygen atoms in total. The summed E-state index contributed by atoms with van der Waals surface area (Å²) in [7, 11) is 1.71. The van der Waals surface area contributed by atoms with Gasteiger partial charge in [-0.05, 0) is 47.5 Å². The summed E-state index contributed by atoms with van der Waals surface area (Å²) in [5.74, 6) is -0.0509. The smallest absolute Gasteiger partial charge is 0.251 e. The Labute approximate surface area is 211 Å². The molecule has 36 heavy (non-hydrogen) atoms. The number of nitrogens with zero attached hydrogens (tertiary/aromatic N) is 4. The number of carbonyl (C=O) groups is 1. The van der Waals surface area contributed by atoms with Crippen LogP contribution in [0, 0.1) is 0 Å². The maximum atomic E-state index is 12.6. The van der Waals surface area contributed by atoms with Gasteiger partial charge in [0.05, 0.1) is 12.7 Å². The summed E-state index contributed by atoms with van der Waals surface area (Å²) in [5, 5.41) is 13.0. The van der Waals surface area contributed by atoms with Crippen LogP contribution in [0.2, 0.25) is 0 Å². The Balaban J connectivity index is 1.11. The van der Waals surface area contributed by atoms with Gasteiger partial charge in [-0.15, -0.1) is 5.06 Å². The monoisotopic (exact) mass is 497 g/mol. The fraction of sp³-hybridized carbons (Fsp3) is 0.500. The molecule has 0 saturated carbocycles. The SMILES string of the molecule is CN1OC2NC(c3ccc(C(=O)NCCCN4CCNCC4)cc3)NNC2N(Cc2cccnc2)O1. The van der Waals surface area contributed by atoms with E-state index in [0.29, 0.717) is 18.7 Å². The van der Waals surface area contributed by atoms with Crippen molar-refractivity contribution in [3.63, 3.8) is 0 Å². The van der Waals surface area contributed by atoms with Crippen LogP contribution in [0.25, 0.3) is 0 Å². The number of hydroxylamine groups is 4. The van der Waals surface area contributed by atoms with Gasteiger partial charge in [0.25, 0.3) is 5.91 Å². The second kappa shape index (κ2) is 12.1. The number of amides is 1. The number of benzene rings is 1. The van der Waals surface area contributed by atoms with E-state index in [-0.39, 0.29) is 24.5 Å². The Bertz CT molecular complexity index is 975. The van der Waals surface area contributed by atoms with Crippen LogP contribution >= 0.6 is 0 Å². The third kappa shape index (κ3) is 6.42. The van der Waals surface area contributed by atoms with E-state index in [2.05, 4.69) is 36.7 Å². The Morgan fingerprint density at radius 3 is 2.78 bits per heavy atom. The maximum Gasteiger partial charge on any atom is 0.251 e. The zero-order valence-corrected chi connectivity index (χ0v) is 20.5. The van der Waals surface area contributed by atoms with Gasteiger partial charge in [0.1, 0.15) is 6.17 Å². The van der Waals surface area contributed by atoms with Crippen LogP contribution < -0.4 is 26.8 Å². The quantitative estimate of drug-likeness (QED) is 0.309. The second-order valence-corrected chi connectivity index (χ2v) is 9.14. The Hall–Kier alpha value is -2.52. The summed E-state index contributed by atoms with van der Waals surface area (Å²) < 4.78 is 0. The van der Waals surface area contributed by atoms with Gasteiger partial charge in [0.15, 0.2) is 6.23 Å². The van der Waals surface area contributed by atoms with E-state index in [9.17, 15) is 4.79 Å². The zero-order valence-electron chi connectivity index (χ0n) is 20.5. The third-order valence-electron chi connectivity index (χ3n) is 6.50. The molecule has 0 aliphatic carbocycles. The summed E-state index contributed by atoms with van der Waals surface area (Å²) in [6, 6.07) is 11.5. The third-order valence-corrected chi connectivity index (χ3v) is 6.50. The molecular formula is C24H35N9O3. The molecule has 3 fully saturated rings. The van der Waals surface area contributed by atoms with Crippen LogP contribution in [-0.2, 0) is 16.3 Å². The first-order chi connectivity index (χ1) is 17.7. The normalized spacial score (nSPS) is 25.9. The number of aromatic nitrogens is 1. The average molecular weight is 498 g/mol. The number of pyridine rings is 1. The number of fused-ring (bicyclic) bond motifs is 1. The van der Waals surface area contributed by atoms with E-state index >= 15 is 0 Å². The topological polar surface area (TPSA) is 118 Å². The first-order valence-corrected chi connectivity index (χ1v) is 12.5. The van der Waals surface area contributed by atoms with Crippen molar-refractivity contribution >= 4 is 5.91 Å². The molecule has 1 amide bonds. The van der Waals surface area contributed by atoms with Crippen LogP contribution in [0.5, 0.6) is 0 Å². The highest BCUT2D eigenvalue weighted by Crippen LogP contribution is 2.23. The molecule has 1 aromatic carbocycles. The van der Waals surface area contributed by atoms with Gasteiger partial charge in [0, 0.05) is 57.7 Å². The molecule has 12 heteroatoms. The summed E-state index contributed by atoms with van der Waals surface area (Å²) in [5.41, 5.74) is 9.22. The number of hydrogen-bond donors (Lipinski definition) is 5. The van der Waals surface area contributed by atoms with Crippen LogP contribution in [0.1, 0.15) is 34.1 Å². The zero-order chi connectivity index (χ0) is 24.7. The predicted molar refractivity (Wildman–Crippen MR) is 132 cm³/mol. The second-order valence-electron chi connectivity index (χ2n) is 9.14. The molecule has 0 spiro atoms. The fourth-order valence-corrected chi connectivity index (χ4v) is 4.58. The van der Waals surface area contributed by atoms with Crippen LogP contribution in [-0.4, -0.2) is 84.8 Å². The van der Waals surface area contributed by atoms with Crippen LogP contribution in [0.4, 0.5) is 0 Å². The van der Waals surface area contributed by atoms with Crippen molar-refractivity contribution in [3.05, 3.63) is 65.5 Å². The molecule has 1 aromatic heterocycles. The molecule has 3 aliphatic rings. The van der Waals surface area contributed by atoms with E-state index in [1.807, 2.05) is 42.6 Å². The first-order valence-electron chi connectivity index (χ1n) is 12.5. The lowest BCUT2D eigenvalue weighted by molar-refractivity contribution is -0.520. The molecule has 3 saturated heterocycles. The van der Waals surface area contributed by atoms with E-state index < -0.39 is 0 Å². The maximum absolute atomic E-state index is 12.6. The van der Waals surface area contributed by atoms with Gasteiger partial charge in [-0.1, -0.05) is 18.2 Å². The predicted octanol–water partition coefficient (Wildman–Crippen LogP) is -0.319. The minimum atomic E-state index is -0.370. The molecule has 2 aromatic rings. The van der Waals surface area contributed by atoms with Crippen molar-refractivity contribution < 1.29 is 14.6 Å². The van der Waals surface area contributed by atoms with Gasteiger partial charge in [0.2, 0.25) is 0 Å². The molecule has 3 atom stereocenters. The molecule has 3 aliphatic heterocycles. The number of piperazine rings is 1. The molecule has 4 heterocycles. The lowest BCUT2D eigenvalue weighted by Gasteiger charge is -2.47. The molecule has 0 bridgehead atoms. The highest BCUT2D eigenvalue weighted by Gasteiger charge is 2.41. The van der Waals surface area contributed by atoms with Crippen molar-refractivity contribution in [2.24, 2.45) is 0 Å². The van der Waals surface area contributed by atoms with Crippen molar-refractivity contribution in [2.45, 2.75) is 31.5 Å². The van der Waals surface area contributed by atoms with Crippen LogP contribution in [0.3, 0.4) is 0 Å². The molecule has 194 valence electrons. The first kappa shape index (κ1) is 25.1. The Kier molecular flexibility index (Phi) is 8.48. The van der Waals surface area contributed by atoms with Crippen LogP contribution in [0.15, 0.2) is 48.8 Å². The Morgan fingerprint density at radius 1 is 1.17 bits per heavy atom. The van der Waals surface area contributed by atoms with E-state index in [4.69, 9.17) is 9.78 Å². The number of nitrogens with one attached hydrogen (secondary N) is 5. The van der Waals surface area contributed by atoms with Gasteiger partial charge in [-0.2, -0.15) is 4.94 Å². The summed E-state index contributed by atoms with van der Waals surface area (Å²) in [6.07, 6.45) is 3.65. The van der Waals surface area contributed by atoms with Crippen molar-refractivity contribution in [2.75, 3.05) is 46.3 Å². The summed E-state index contributed by atoms with van der Waals surface area (Å²) >= 11 is 0. The lowest BCUT2D eigenvalue weighted by Crippen LogP contribution is -2.72. The highest BCUT2D eigenvalue weighted by molar-refractivity contribution is 5.94.